The summed E-state index contributed by atoms with van der Waals surface area (Å²) in [5, 5.41) is 2.42. The molecule has 144 valence electrons. The van der Waals surface area contributed by atoms with Crippen LogP contribution in [0.5, 0.6) is 0 Å². The summed E-state index contributed by atoms with van der Waals surface area (Å²) < 4.78 is 42.7. The van der Waals surface area contributed by atoms with Gasteiger partial charge >= 0.3 is 12.1 Å². The summed E-state index contributed by atoms with van der Waals surface area (Å²) in [5.74, 6) is -1.18. The van der Waals surface area contributed by atoms with Gasteiger partial charge in [0.15, 0.2) is 6.10 Å². The van der Waals surface area contributed by atoms with Crippen molar-refractivity contribution >= 4 is 17.6 Å². The van der Waals surface area contributed by atoms with Gasteiger partial charge in [0.1, 0.15) is 0 Å². The predicted molar refractivity (Wildman–Crippen MR) is 95.2 cm³/mol. The Kier molecular flexibility index (Phi) is 6.25. The highest BCUT2D eigenvalue weighted by atomic mass is 19.4. The van der Waals surface area contributed by atoms with Crippen molar-refractivity contribution < 1.29 is 27.5 Å². The molecule has 2 aromatic carbocycles. The molecule has 0 aliphatic rings. The number of nitrogens with one attached hydrogen (secondary N) is 1. The zero-order valence-electron chi connectivity index (χ0n) is 15.2. The number of benzene rings is 2. The minimum Gasteiger partial charge on any atom is -0.452 e. The minimum atomic E-state index is -4.44. The van der Waals surface area contributed by atoms with Crippen LogP contribution >= 0.6 is 0 Å². The molecule has 0 saturated heterocycles. The monoisotopic (exact) mass is 379 g/mol. The number of halogens is 3. The fraction of sp³-hybridized carbons (Fsp3) is 0.300. The Morgan fingerprint density at radius 3 is 2.22 bits per heavy atom. The number of rotatable bonds is 5. The zero-order chi connectivity index (χ0) is 20.2. The van der Waals surface area contributed by atoms with E-state index in [1.807, 2.05) is 32.0 Å². The summed E-state index contributed by atoms with van der Waals surface area (Å²) in [6.07, 6.45) is -5.50. The van der Waals surface area contributed by atoms with Crippen LogP contribution in [0.25, 0.3) is 0 Å². The van der Waals surface area contributed by atoms with Crippen molar-refractivity contribution in [3.05, 3.63) is 64.7 Å². The molecule has 0 saturated carbocycles. The van der Waals surface area contributed by atoms with E-state index in [1.165, 1.54) is 6.92 Å². The predicted octanol–water partition coefficient (Wildman–Crippen LogP) is 4.44. The summed E-state index contributed by atoms with van der Waals surface area (Å²) >= 11 is 0. The maximum absolute atomic E-state index is 12.5. The number of esters is 1. The molecule has 0 heterocycles. The number of amides is 1. The van der Waals surface area contributed by atoms with Crippen LogP contribution in [0.1, 0.15) is 29.2 Å². The molecule has 1 amide bonds. The molecule has 0 bridgehead atoms. The molecule has 1 N–H and O–H groups in total. The van der Waals surface area contributed by atoms with Crippen LogP contribution in [0.15, 0.2) is 42.5 Å². The normalized spacial score (nSPS) is 12.4. The molecule has 0 spiro atoms. The van der Waals surface area contributed by atoms with E-state index in [9.17, 15) is 22.8 Å². The van der Waals surface area contributed by atoms with Crippen LogP contribution in [0.4, 0.5) is 18.9 Å². The Morgan fingerprint density at radius 2 is 1.67 bits per heavy atom. The van der Waals surface area contributed by atoms with Gasteiger partial charge in [-0.1, -0.05) is 18.2 Å². The molecule has 0 aliphatic carbocycles. The Morgan fingerprint density at radius 1 is 1.04 bits per heavy atom. The van der Waals surface area contributed by atoms with Crippen molar-refractivity contribution in [2.24, 2.45) is 0 Å². The maximum atomic E-state index is 12.5. The highest BCUT2D eigenvalue weighted by molar-refractivity contribution is 5.95. The first kappa shape index (κ1) is 20.5. The average molecular weight is 379 g/mol. The summed E-state index contributed by atoms with van der Waals surface area (Å²) in [6.45, 7) is 5.30. The molecule has 0 aromatic heterocycles. The number of carbonyl (C=O) groups is 2. The number of carbonyl (C=O) groups excluding carboxylic acids is 2. The molecule has 2 rings (SSSR count). The molecule has 27 heavy (non-hydrogen) atoms. The second-order valence-electron chi connectivity index (χ2n) is 6.29. The number of aryl methyl sites for hydroxylation is 2. The Bertz CT molecular complexity index is 829. The van der Waals surface area contributed by atoms with Gasteiger partial charge in [0.25, 0.3) is 5.91 Å². The van der Waals surface area contributed by atoms with Crippen LogP contribution in [-0.2, 0) is 26.9 Å². The van der Waals surface area contributed by atoms with Gasteiger partial charge in [-0.3, -0.25) is 9.59 Å². The maximum Gasteiger partial charge on any atom is 0.416 e. The molecular weight excluding hydrogens is 359 g/mol. The lowest BCUT2D eigenvalue weighted by atomic mass is 10.0. The average Bonchev–Trinajstić information content (AvgIpc) is 2.57. The standard InChI is InChI=1S/C20H20F3NO3/c1-12-4-5-15(10-13(12)2)11-18(25)27-14(3)19(26)24-17-8-6-16(7-9-17)20(21,22)23/h4-10,14H,11H2,1-3H3,(H,24,26)/t14-/m0/s1. The molecule has 2 aromatic rings. The van der Waals surface area contributed by atoms with Gasteiger partial charge in [0, 0.05) is 5.69 Å². The van der Waals surface area contributed by atoms with Crippen molar-refractivity contribution in [1.29, 1.82) is 0 Å². The zero-order valence-corrected chi connectivity index (χ0v) is 15.2. The second-order valence-corrected chi connectivity index (χ2v) is 6.29. The number of anilines is 1. The Hall–Kier alpha value is -2.83. The molecule has 0 unspecified atom stereocenters. The number of hydrogen-bond donors (Lipinski definition) is 1. The third-order valence-corrected chi connectivity index (χ3v) is 4.08. The smallest absolute Gasteiger partial charge is 0.416 e. The van der Waals surface area contributed by atoms with Gasteiger partial charge in [-0.25, -0.2) is 0 Å². The van der Waals surface area contributed by atoms with Gasteiger partial charge in [-0.15, -0.1) is 0 Å². The van der Waals surface area contributed by atoms with Gasteiger partial charge in [-0.2, -0.15) is 13.2 Å². The van der Waals surface area contributed by atoms with E-state index >= 15 is 0 Å². The molecule has 7 heteroatoms. The van der Waals surface area contributed by atoms with E-state index in [0.717, 1.165) is 41.0 Å². The Balaban J connectivity index is 1.90. The first-order valence-electron chi connectivity index (χ1n) is 8.30. The lowest BCUT2D eigenvalue weighted by Crippen LogP contribution is -2.30. The summed E-state index contributed by atoms with van der Waals surface area (Å²) in [5.41, 5.74) is 2.31. The third kappa shape index (κ3) is 5.84. The van der Waals surface area contributed by atoms with Crippen LogP contribution in [0, 0.1) is 13.8 Å². The van der Waals surface area contributed by atoms with Crippen molar-refractivity contribution in [2.75, 3.05) is 5.32 Å². The highest BCUT2D eigenvalue weighted by Gasteiger charge is 2.30. The van der Waals surface area contributed by atoms with Gasteiger partial charge in [-0.05, 0) is 61.7 Å². The molecule has 4 nitrogen and oxygen atoms in total. The van der Waals surface area contributed by atoms with Gasteiger partial charge < -0.3 is 10.1 Å². The lowest BCUT2D eigenvalue weighted by molar-refractivity contribution is -0.152. The van der Waals surface area contributed by atoms with Gasteiger partial charge in [0.2, 0.25) is 0 Å². The van der Waals surface area contributed by atoms with E-state index in [1.54, 1.807) is 0 Å². The molecular formula is C20H20F3NO3. The first-order chi connectivity index (χ1) is 12.6. The van der Waals surface area contributed by atoms with Crippen molar-refractivity contribution in [2.45, 2.75) is 39.5 Å². The lowest BCUT2D eigenvalue weighted by Gasteiger charge is -2.14. The van der Waals surface area contributed by atoms with Crippen LogP contribution in [-0.4, -0.2) is 18.0 Å². The van der Waals surface area contributed by atoms with E-state index in [2.05, 4.69) is 5.32 Å². The Labute approximate surface area is 155 Å². The fourth-order valence-electron chi connectivity index (χ4n) is 2.36. The van der Waals surface area contributed by atoms with Crippen molar-refractivity contribution in [1.82, 2.24) is 0 Å². The molecule has 1 atom stereocenters. The highest BCUT2D eigenvalue weighted by Crippen LogP contribution is 2.29. The van der Waals surface area contributed by atoms with Crippen molar-refractivity contribution in [3.8, 4) is 0 Å². The topological polar surface area (TPSA) is 55.4 Å². The van der Waals surface area contributed by atoms with E-state index in [4.69, 9.17) is 4.74 Å². The van der Waals surface area contributed by atoms with E-state index < -0.39 is 29.7 Å². The minimum absolute atomic E-state index is 0.0268. The summed E-state index contributed by atoms with van der Waals surface area (Å²) in [4.78, 5) is 24.1. The fourth-order valence-corrected chi connectivity index (χ4v) is 2.36. The summed E-state index contributed by atoms with van der Waals surface area (Å²) in [6, 6.07) is 9.62. The van der Waals surface area contributed by atoms with Crippen LogP contribution < -0.4 is 5.32 Å². The molecule has 0 fully saturated rings. The van der Waals surface area contributed by atoms with Crippen LogP contribution in [0.3, 0.4) is 0 Å². The quantitative estimate of drug-likeness (QED) is 0.782. The second kappa shape index (κ2) is 8.24. The number of hydrogen-bond acceptors (Lipinski definition) is 3. The van der Waals surface area contributed by atoms with E-state index in [0.29, 0.717) is 0 Å². The summed E-state index contributed by atoms with van der Waals surface area (Å²) in [7, 11) is 0. The van der Waals surface area contributed by atoms with Crippen LogP contribution in [0.2, 0.25) is 0 Å². The third-order valence-electron chi connectivity index (χ3n) is 4.08. The van der Waals surface area contributed by atoms with E-state index in [-0.39, 0.29) is 12.1 Å². The first-order valence-corrected chi connectivity index (χ1v) is 8.30. The molecule has 0 radical (unpaired) electrons. The largest absolute Gasteiger partial charge is 0.452 e. The van der Waals surface area contributed by atoms with Gasteiger partial charge in [0.05, 0.1) is 12.0 Å². The van der Waals surface area contributed by atoms with Crippen molar-refractivity contribution in [3.63, 3.8) is 0 Å². The molecule has 0 aliphatic heterocycles. The number of ether oxygens (including phenoxy) is 1. The SMILES string of the molecule is Cc1ccc(CC(=O)O[C@@H](C)C(=O)Nc2ccc(C(F)(F)F)cc2)cc1C. The number of alkyl halides is 3.